The number of hydrogen-bond donors (Lipinski definition) is 0. The Morgan fingerprint density at radius 3 is 1.78 bits per heavy atom. The van der Waals surface area contributed by atoms with E-state index in [2.05, 4.69) is 6.92 Å². The van der Waals surface area contributed by atoms with Crippen molar-refractivity contribution in [1.29, 1.82) is 0 Å². The van der Waals surface area contributed by atoms with Crippen LogP contribution in [0.2, 0.25) is 4.55 Å². The average Bonchev–Trinajstić information content (AvgIpc) is 1.89. The third-order valence-electron chi connectivity index (χ3n) is 0.642. The van der Waals surface area contributed by atoms with Crippen LogP contribution >= 0.6 is 0 Å². The van der Waals surface area contributed by atoms with E-state index in [1.54, 1.807) is 0 Å². The molecule has 0 aromatic carbocycles. The van der Waals surface area contributed by atoms with Crippen LogP contribution in [0.25, 0.3) is 0 Å². The SMILES string of the molecule is CCC(=O)[O-].CC[CH2][Mg+]. The fourth-order valence-corrected chi connectivity index (χ4v) is 0. The van der Waals surface area contributed by atoms with Crippen LogP contribution in [0.15, 0.2) is 0 Å². The van der Waals surface area contributed by atoms with Crippen molar-refractivity contribution in [3.63, 3.8) is 0 Å². The van der Waals surface area contributed by atoms with E-state index in [1.165, 1.54) is 17.9 Å². The zero-order chi connectivity index (χ0) is 7.70. The van der Waals surface area contributed by atoms with E-state index >= 15 is 0 Å². The normalized spacial score (nSPS) is 7.56. The molecule has 0 saturated carbocycles. The van der Waals surface area contributed by atoms with E-state index in [-0.39, 0.29) is 6.42 Å². The Balaban J connectivity index is 0. The van der Waals surface area contributed by atoms with Crippen LogP contribution in [0.5, 0.6) is 0 Å². The monoisotopic (exact) mass is 140 g/mol. The topological polar surface area (TPSA) is 40.1 Å². The predicted octanol–water partition coefficient (Wildman–Crippen LogP) is 0.129. The molecule has 0 N–H and O–H groups in total. The standard InChI is InChI=1S/C3H6O2.C3H7.Mg/c1-2-3(4)5;1-3-2;/h2H2,1H3,(H,4,5);1,3H2,2H3;/q;;+1/p-1. The predicted molar refractivity (Wildman–Crippen MR) is 36.1 cm³/mol. The number of carboxylic acid groups (broad SMARTS) is 1. The first kappa shape index (κ1) is 12.0. The quantitative estimate of drug-likeness (QED) is 0.512. The summed E-state index contributed by atoms with van der Waals surface area (Å²) < 4.78 is 1.35. The van der Waals surface area contributed by atoms with Crippen molar-refractivity contribution in [2.24, 2.45) is 0 Å². The van der Waals surface area contributed by atoms with E-state index in [0.29, 0.717) is 0 Å². The molecule has 0 aromatic rings. The van der Waals surface area contributed by atoms with Gasteiger partial charge in [0.15, 0.2) is 0 Å². The third kappa shape index (κ3) is 30.6. The number of hydrogen-bond acceptors (Lipinski definition) is 2. The molecule has 0 atom stereocenters. The summed E-state index contributed by atoms with van der Waals surface area (Å²) in [5, 5.41) is 9.26. The van der Waals surface area contributed by atoms with Crippen LogP contribution < -0.4 is 5.11 Å². The molecule has 0 saturated heterocycles. The number of aliphatic carboxylic acids is 1. The van der Waals surface area contributed by atoms with E-state index in [1.807, 2.05) is 21.7 Å². The van der Waals surface area contributed by atoms with Gasteiger partial charge < -0.3 is 9.90 Å². The summed E-state index contributed by atoms with van der Waals surface area (Å²) in [6.45, 7) is 3.72. The van der Waals surface area contributed by atoms with Gasteiger partial charge in [-0.15, -0.1) is 0 Å². The summed E-state index contributed by atoms with van der Waals surface area (Å²) in [6, 6.07) is 0. The Morgan fingerprint density at radius 2 is 1.78 bits per heavy atom. The molecule has 50 valence electrons. The van der Waals surface area contributed by atoms with Gasteiger partial charge in [0.25, 0.3) is 0 Å². The van der Waals surface area contributed by atoms with Crippen molar-refractivity contribution >= 4 is 27.7 Å². The van der Waals surface area contributed by atoms with Gasteiger partial charge in [-0.25, -0.2) is 0 Å². The minimum atomic E-state index is -0.995. The van der Waals surface area contributed by atoms with Gasteiger partial charge in [0.05, 0.1) is 0 Å². The summed E-state index contributed by atoms with van der Waals surface area (Å²) in [7, 11) is 0. The molecule has 0 rings (SSSR count). The van der Waals surface area contributed by atoms with Gasteiger partial charge in [-0.2, -0.15) is 0 Å². The van der Waals surface area contributed by atoms with Crippen molar-refractivity contribution < 1.29 is 9.90 Å². The molecule has 0 spiro atoms. The molecule has 3 heteroatoms. The molecule has 0 amide bonds. The van der Waals surface area contributed by atoms with Crippen molar-refractivity contribution in [3.05, 3.63) is 0 Å². The molecule has 0 unspecified atom stereocenters. The first-order valence-electron chi connectivity index (χ1n) is 3.18. The second kappa shape index (κ2) is 11.1. The maximum atomic E-state index is 9.26. The molecule has 2 nitrogen and oxygen atoms in total. The van der Waals surface area contributed by atoms with Crippen LogP contribution in [-0.2, 0) is 4.79 Å². The summed E-state index contributed by atoms with van der Waals surface area (Å²) in [5.41, 5.74) is 0. The summed E-state index contributed by atoms with van der Waals surface area (Å²) in [4.78, 5) is 9.26. The average molecular weight is 140 g/mol. The van der Waals surface area contributed by atoms with Gasteiger partial charge in [-0.3, -0.25) is 0 Å². The molecule has 9 heavy (non-hydrogen) atoms. The Kier molecular flexibility index (Phi) is 14.7. The molecular weight excluding hydrogens is 128 g/mol. The van der Waals surface area contributed by atoms with Crippen molar-refractivity contribution in [3.8, 4) is 0 Å². The van der Waals surface area contributed by atoms with Gasteiger partial charge in [0.1, 0.15) is 0 Å². The molecule has 0 aliphatic rings. The van der Waals surface area contributed by atoms with Crippen LogP contribution in [0, 0.1) is 0 Å². The third-order valence-corrected chi connectivity index (χ3v) is 1.35. The van der Waals surface area contributed by atoms with E-state index in [4.69, 9.17) is 0 Å². The second-order valence-electron chi connectivity index (χ2n) is 1.58. The summed E-state index contributed by atoms with van der Waals surface area (Å²) >= 11 is 2.02. The van der Waals surface area contributed by atoms with Gasteiger partial charge in [-0.1, -0.05) is 6.92 Å². The van der Waals surface area contributed by atoms with Gasteiger partial charge in [0.2, 0.25) is 0 Å². The number of rotatable bonds is 2. The van der Waals surface area contributed by atoms with Gasteiger partial charge in [-0.05, 0) is 6.42 Å². The Bertz CT molecular complexity index is 62.1. The van der Waals surface area contributed by atoms with Crippen molar-refractivity contribution in [1.82, 2.24) is 0 Å². The van der Waals surface area contributed by atoms with E-state index in [0.717, 1.165) is 0 Å². The molecule has 0 aliphatic heterocycles. The molecule has 0 fully saturated rings. The fraction of sp³-hybridized carbons (Fsp3) is 0.833. The van der Waals surface area contributed by atoms with Crippen LogP contribution in [0.4, 0.5) is 0 Å². The summed E-state index contributed by atoms with van der Waals surface area (Å²) in [5.74, 6) is -0.995. The zero-order valence-corrected chi connectivity index (χ0v) is 7.56. The fourth-order valence-electron chi connectivity index (χ4n) is 0. The van der Waals surface area contributed by atoms with Gasteiger partial charge in [0, 0.05) is 5.97 Å². The Morgan fingerprint density at radius 1 is 1.56 bits per heavy atom. The molecular formula is C6H12MgO2. The van der Waals surface area contributed by atoms with Gasteiger partial charge >= 0.3 is 39.6 Å². The van der Waals surface area contributed by atoms with Crippen molar-refractivity contribution in [2.75, 3.05) is 0 Å². The van der Waals surface area contributed by atoms with Crippen LogP contribution in [0.1, 0.15) is 26.7 Å². The number of carbonyl (C=O) groups is 1. The molecule has 0 radical (unpaired) electrons. The van der Waals surface area contributed by atoms with E-state index < -0.39 is 5.97 Å². The van der Waals surface area contributed by atoms with Crippen LogP contribution in [0.3, 0.4) is 0 Å². The maximum absolute atomic E-state index is 9.26. The number of carboxylic acids is 1. The molecule has 0 aliphatic carbocycles. The minimum absolute atomic E-state index is 0.111. The first-order chi connectivity index (χ1) is 4.18. The first-order valence-corrected chi connectivity index (χ1v) is 4.18. The molecule has 0 aromatic heterocycles. The van der Waals surface area contributed by atoms with E-state index in [9.17, 15) is 9.90 Å². The Hall–Kier alpha value is 0.236. The zero-order valence-electron chi connectivity index (χ0n) is 6.14. The molecule has 0 heterocycles. The molecule has 0 bridgehead atoms. The van der Waals surface area contributed by atoms with Crippen molar-refractivity contribution in [2.45, 2.75) is 31.2 Å². The summed E-state index contributed by atoms with van der Waals surface area (Å²) in [6.07, 6.45) is 1.44. The second-order valence-corrected chi connectivity index (χ2v) is 2.29. The Labute approximate surface area is 69.1 Å². The number of carbonyl (C=O) groups excluding carboxylic acids is 1. The van der Waals surface area contributed by atoms with Crippen LogP contribution in [-0.4, -0.2) is 27.7 Å².